The SMILES string of the molecule is CCC(C)CCCCCCCCCCC(=O)OC[C@H](COP(=O)(O)OC[C@H](O)COP(=O)(O)OC[C@@H](COC(=O)CCCCCCCCCCCCCCCCCCC(C)C)OC(=O)CCCCCCCCCCCCCCCCCCCCC(C)C)OC(=O)CCCCCCCCCCCCCCC(C)C. The molecule has 0 fully saturated rings. The van der Waals surface area contributed by atoms with Crippen LogP contribution in [0.5, 0.6) is 0 Å². The molecule has 0 aliphatic rings. The summed E-state index contributed by atoms with van der Waals surface area (Å²) < 4.78 is 69.0. The Morgan fingerprint density at radius 2 is 0.449 bits per heavy atom. The molecule has 0 aromatic rings. The minimum absolute atomic E-state index is 0.106. The van der Waals surface area contributed by atoms with Crippen LogP contribution in [0.1, 0.15) is 460 Å². The number of carbonyl (C=O) groups excluding carboxylic acids is 4. The molecule has 0 aromatic heterocycles. The van der Waals surface area contributed by atoms with Crippen molar-refractivity contribution in [2.75, 3.05) is 39.6 Å². The fourth-order valence-electron chi connectivity index (χ4n) is 13.6. The van der Waals surface area contributed by atoms with Gasteiger partial charge in [0.1, 0.15) is 19.3 Å². The van der Waals surface area contributed by atoms with E-state index in [1.165, 1.54) is 263 Å². The first-order valence-corrected chi connectivity index (χ1v) is 48.2. The maximum Gasteiger partial charge on any atom is 0.472 e. The van der Waals surface area contributed by atoms with Gasteiger partial charge in [-0.25, -0.2) is 9.13 Å². The highest BCUT2D eigenvalue weighted by atomic mass is 31.2. The smallest absolute Gasteiger partial charge is 0.462 e. The normalized spacial score (nSPS) is 14.1. The van der Waals surface area contributed by atoms with Gasteiger partial charge < -0.3 is 33.8 Å². The molecule has 17 nitrogen and oxygen atoms in total. The molecule has 636 valence electrons. The Morgan fingerprint density at radius 1 is 0.262 bits per heavy atom. The van der Waals surface area contributed by atoms with E-state index >= 15 is 0 Å². The number of phosphoric acid groups is 2. The maximum absolute atomic E-state index is 13.2. The Hall–Kier alpha value is -1.94. The Morgan fingerprint density at radius 3 is 0.664 bits per heavy atom. The van der Waals surface area contributed by atoms with Crippen LogP contribution in [0.15, 0.2) is 0 Å². The van der Waals surface area contributed by atoms with Crippen LogP contribution < -0.4 is 0 Å². The van der Waals surface area contributed by atoms with Gasteiger partial charge in [0.15, 0.2) is 12.2 Å². The molecular formula is C88H172O17P2. The second kappa shape index (κ2) is 76.7. The lowest BCUT2D eigenvalue weighted by Gasteiger charge is -2.21. The van der Waals surface area contributed by atoms with Crippen LogP contribution in [0, 0.1) is 23.7 Å². The predicted molar refractivity (Wildman–Crippen MR) is 441 cm³/mol. The predicted octanol–water partition coefficient (Wildman–Crippen LogP) is 26.7. The molecule has 19 heteroatoms. The van der Waals surface area contributed by atoms with E-state index in [1.807, 2.05) is 0 Å². The monoisotopic (exact) mass is 1560 g/mol. The van der Waals surface area contributed by atoms with Crippen molar-refractivity contribution < 1.29 is 80.2 Å². The van der Waals surface area contributed by atoms with E-state index in [1.54, 1.807) is 0 Å². The molecule has 0 bridgehead atoms. The number of esters is 4. The van der Waals surface area contributed by atoms with Gasteiger partial charge in [-0.2, -0.15) is 0 Å². The van der Waals surface area contributed by atoms with Gasteiger partial charge in [-0.3, -0.25) is 37.3 Å². The highest BCUT2D eigenvalue weighted by Gasteiger charge is 2.31. The standard InChI is InChI=1S/C88H172O17P2/c1-9-81(8)67-59-51-43-38-39-45-53-61-69-86(91)99-75-84(105-88(93)71-63-55-47-37-31-25-24-28-34-42-50-58-66-80(6)7)77-103-107(96,97)101-73-82(89)72-100-106(94,95)102-76-83(74-98-85(90)68-60-52-44-35-29-22-18-15-14-17-21-27-33-41-49-57-65-79(4)5)104-87(92)70-62-54-46-36-30-23-19-13-11-10-12-16-20-26-32-40-48-56-64-78(2)3/h78-84,89H,9-77H2,1-8H3,(H,94,95)(H,96,97)/t81?,82-,83-,84-/m1/s1. The van der Waals surface area contributed by atoms with E-state index in [9.17, 15) is 43.2 Å². The zero-order chi connectivity index (χ0) is 78.8. The van der Waals surface area contributed by atoms with Gasteiger partial charge in [0.25, 0.3) is 0 Å². The molecule has 6 atom stereocenters. The van der Waals surface area contributed by atoms with E-state index in [2.05, 4.69) is 55.4 Å². The van der Waals surface area contributed by atoms with Crippen LogP contribution in [-0.4, -0.2) is 96.7 Å². The third-order valence-corrected chi connectivity index (χ3v) is 22.8. The summed E-state index contributed by atoms with van der Waals surface area (Å²) >= 11 is 0. The van der Waals surface area contributed by atoms with Crippen LogP contribution in [0.25, 0.3) is 0 Å². The third kappa shape index (κ3) is 80.5. The van der Waals surface area contributed by atoms with Crippen molar-refractivity contribution in [1.82, 2.24) is 0 Å². The van der Waals surface area contributed by atoms with Crippen molar-refractivity contribution in [3.63, 3.8) is 0 Å². The molecule has 107 heavy (non-hydrogen) atoms. The molecule has 0 radical (unpaired) electrons. The molecule has 0 rings (SSSR count). The summed E-state index contributed by atoms with van der Waals surface area (Å²) in [7, 11) is -9.93. The van der Waals surface area contributed by atoms with Gasteiger partial charge >= 0.3 is 39.5 Å². The number of phosphoric ester groups is 2. The van der Waals surface area contributed by atoms with Crippen molar-refractivity contribution in [2.45, 2.75) is 478 Å². The summed E-state index contributed by atoms with van der Waals surface area (Å²) in [4.78, 5) is 73.3. The number of hydrogen-bond acceptors (Lipinski definition) is 15. The van der Waals surface area contributed by atoms with Crippen LogP contribution in [0.2, 0.25) is 0 Å². The molecule has 0 amide bonds. The molecular weight excluding hydrogens is 1390 g/mol. The second-order valence-corrected chi connectivity index (χ2v) is 36.2. The van der Waals surface area contributed by atoms with Crippen LogP contribution >= 0.6 is 15.6 Å². The Kier molecular flexibility index (Phi) is 75.3. The first kappa shape index (κ1) is 105. The average molecular weight is 1560 g/mol. The molecule has 0 aliphatic heterocycles. The van der Waals surface area contributed by atoms with Gasteiger partial charge in [0.2, 0.25) is 0 Å². The van der Waals surface area contributed by atoms with Crippen molar-refractivity contribution in [2.24, 2.45) is 23.7 Å². The first-order chi connectivity index (χ1) is 51.6. The minimum Gasteiger partial charge on any atom is -0.462 e. The minimum atomic E-state index is -4.97. The molecule has 0 aromatic carbocycles. The number of rotatable bonds is 85. The summed E-state index contributed by atoms with van der Waals surface area (Å²) in [6, 6.07) is 0. The van der Waals surface area contributed by atoms with Crippen LogP contribution in [0.4, 0.5) is 0 Å². The topological polar surface area (TPSA) is 237 Å². The highest BCUT2D eigenvalue weighted by molar-refractivity contribution is 7.47. The Balaban J connectivity index is 5.26. The summed E-state index contributed by atoms with van der Waals surface area (Å²) in [6.45, 7) is 14.4. The van der Waals surface area contributed by atoms with Crippen LogP contribution in [-0.2, 0) is 65.4 Å². The zero-order valence-electron chi connectivity index (χ0n) is 70.8. The molecule has 0 heterocycles. The molecule has 0 saturated heterocycles. The summed E-state index contributed by atoms with van der Waals surface area (Å²) in [5.41, 5.74) is 0. The lowest BCUT2D eigenvalue weighted by atomic mass is 9.99. The van der Waals surface area contributed by atoms with E-state index in [0.717, 1.165) is 114 Å². The van der Waals surface area contributed by atoms with Crippen molar-refractivity contribution in [3.05, 3.63) is 0 Å². The van der Waals surface area contributed by atoms with Crippen LogP contribution in [0.3, 0.4) is 0 Å². The average Bonchev–Trinajstić information content (AvgIpc) is 0.908. The van der Waals surface area contributed by atoms with E-state index in [-0.39, 0.29) is 25.7 Å². The largest absolute Gasteiger partial charge is 0.472 e. The lowest BCUT2D eigenvalue weighted by molar-refractivity contribution is -0.161. The molecule has 0 spiro atoms. The van der Waals surface area contributed by atoms with Gasteiger partial charge in [-0.05, 0) is 49.4 Å². The van der Waals surface area contributed by atoms with E-state index < -0.39 is 97.5 Å². The van der Waals surface area contributed by atoms with Crippen molar-refractivity contribution >= 4 is 39.5 Å². The number of aliphatic hydroxyl groups excluding tert-OH is 1. The molecule has 0 saturated carbocycles. The summed E-state index contributed by atoms with van der Waals surface area (Å²) in [5, 5.41) is 10.7. The molecule has 3 N–H and O–H groups in total. The summed E-state index contributed by atoms with van der Waals surface area (Å²) in [6.07, 6.45) is 66.6. The highest BCUT2D eigenvalue weighted by Crippen LogP contribution is 2.45. The molecule has 0 aliphatic carbocycles. The number of unbranched alkanes of at least 4 members (excludes halogenated alkanes) is 50. The number of carbonyl (C=O) groups is 4. The quantitative estimate of drug-likeness (QED) is 0.0222. The number of aliphatic hydroxyl groups is 1. The van der Waals surface area contributed by atoms with Gasteiger partial charge in [0, 0.05) is 25.7 Å². The number of ether oxygens (including phenoxy) is 4. The third-order valence-electron chi connectivity index (χ3n) is 20.9. The van der Waals surface area contributed by atoms with Gasteiger partial charge in [-0.1, -0.05) is 409 Å². The van der Waals surface area contributed by atoms with Gasteiger partial charge in [-0.15, -0.1) is 0 Å². The Labute approximate surface area is 658 Å². The van der Waals surface area contributed by atoms with Crippen molar-refractivity contribution in [3.8, 4) is 0 Å². The zero-order valence-corrected chi connectivity index (χ0v) is 72.6. The van der Waals surface area contributed by atoms with Crippen molar-refractivity contribution in [1.29, 1.82) is 0 Å². The lowest BCUT2D eigenvalue weighted by Crippen LogP contribution is -2.30. The fourth-order valence-corrected chi connectivity index (χ4v) is 15.2. The van der Waals surface area contributed by atoms with Gasteiger partial charge in [0.05, 0.1) is 26.4 Å². The van der Waals surface area contributed by atoms with E-state index in [0.29, 0.717) is 25.7 Å². The molecule has 3 unspecified atom stereocenters. The maximum atomic E-state index is 13.2. The van der Waals surface area contributed by atoms with E-state index in [4.69, 9.17) is 37.0 Å². The first-order valence-electron chi connectivity index (χ1n) is 45.2. The summed E-state index contributed by atoms with van der Waals surface area (Å²) in [5.74, 6) is 1.08. The fraction of sp³-hybridized carbons (Fsp3) is 0.955. The second-order valence-electron chi connectivity index (χ2n) is 33.3. The Bertz CT molecular complexity index is 2080. The number of hydrogen-bond donors (Lipinski definition) is 3.